The molecule has 124 valence electrons. The Labute approximate surface area is 143 Å². The number of pyridine rings is 2. The van der Waals surface area contributed by atoms with Gasteiger partial charge in [0.05, 0.1) is 18.3 Å². The average molecular weight is 334 g/mol. The highest BCUT2D eigenvalue weighted by Gasteiger charge is 2.24. The lowest BCUT2D eigenvalue weighted by Crippen LogP contribution is -2.25. The molecule has 4 rings (SSSR count). The summed E-state index contributed by atoms with van der Waals surface area (Å²) >= 11 is 0. The third-order valence-corrected chi connectivity index (χ3v) is 3.87. The molecule has 0 aliphatic carbocycles. The fourth-order valence-corrected chi connectivity index (χ4v) is 2.73. The van der Waals surface area contributed by atoms with Crippen LogP contribution in [0.1, 0.15) is 21.9 Å². The molecule has 0 saturated heterocycles. The van der Waals surface area contributed by atoms with E-state index in [0.717, 1.165) is 16.9 Å². The molecule has 0 aliphatic rings. The van der Waals surface area contributed by atoms with Crippen molar-refractivity contribution in [3.05, 3.63) is 72.1 Å². The monoisotopic (exact) mass is 334 g/mol. The molecule has 4 aromatic rings. The minimum atomic E-state index is -0.209. The Morgan fingerprint density at radius 1 is 1.32 bits per heavy atom. The molecule has 1 amide bonds. The van der Waals surface area contributed by atoms with Gasteiger partial charge in [-0.15, -0.1) is 0 Å². The maximum Gasteiger partial charge on any atom is 0.295 e. The van der Waals surface area contributed by atoms with Crippen molar-refractivity contribution < 1.29 is 13.7 Å². The van der Waals surface area contributed by atoms with Crippen LogP contribution in [-0.4, -0.2) is 21.0 Å². The van der Waals surface area contributed by atoms with Crippen LogP contribution in [-0.2, 0) is 6.54 Å². The molecule has 0 fully saturated rings. The van der Waals surface area contributed by atoms with E-state index in [9.17, 15) is 4.79 Å². The van der Waals surface area contributed by atoms with Gasteiger partial charge in [-0.3, -0.25) is 9.78 Å². The second-order valence-corrected chi connectivity index (χ2v) is 5.66. The van der Waals surface area contributed by atoms with Crippen LogP contribution >= 0.6 is 0 Å². The highest BCUT2D eigenvalue weighted by molar-refractivity contribution is 5.98. The molecule has 0 atom stereocenters. The predicted octanol–water partition coefficient (Wildman–Crippen LogP) is 2.04. The lowest BCUT2D eigenvalue weighted by atomic mass is 10.3. The summed E-state index contributed by atoms with van der Waals surface area (Å²) in [6, 6.07) is 11.3. The molecular weight excluding hydrogens is 318 g/mol. The number of carbonyl (C=O) groups is 1. The normalized spacial score (nSPS) is 10.9. The van der Waals surface area contributed by atoms with Gasteiger partial charge in [0.2, 0.25) is 5.69 Å². The standard InChI is InChI=1S/C18H15N5O2/c1-12-9-14(22-25-12)11-20-18(24)16-15-6-2-3-8-23(15)17(21-16)13-5-4-7-19-10-13/h2-10H,11H2,1H3,(H,20,24)/p+1. The molecule has 4 aromatic heterocycles. The Morgan fingerprint density at radius 3 is 3.00 bits per heavy atom. The van der Waals surface area contributed by atoms with Crippen molar-refractivity contribution in [2.75, 3.05) is 0 Å². The number of aromatic nitrogens is 4. The highest BCUT2D eigenvalue weighted by atomic mass is 16.5. The predicted molar refractivity (Wildman–Crippen MR) is 89.6 cm³/mol. The van der Waals surface area contributed by atoms with Crippen molar-refractivity contribution in [3.63, 3.8) is 0 Å². The Kier molecular flexibility index (Phi) is 3.74. The Balaban J connectivity index is 1.68. The topological polar surface area (TPSA) is 87.9 Å². The van der Waals surface area contributed by atoms with Crippen LogP contribution < -0.4 is 9.72 Å². The molecule has 0 aromatic carbocycles. The molecule has 0 aliphatic heterocycles. The first kappa shape index (κ1) is 15.1. The van der Waals surface area contributed by atoms with Gasteiger partial charge in [0, 0.05) is 18.5 Å². The van der Waals surface area contributed by atoms with Crippen molar-refractivity contribution in [1.29, 1.82) is 0 Å². The lowest BCUT2D eigenvalue weighted by molar-refractivity contribution is -0.498. The number of fused-ring (bicyclic) bond motifs is 1. The summed E-state index contributed by atoms with van der Waals surface area (Å²) in [5.74, 6) is 1.30. The largest absolute Gasteiger partial charge is 0.361 e. The van der Waals surface area contributed by atoms with E-state index in [1.807, 2.05) is 47.9 Å². The summed E-state index contributed by atoms with van der Waals surface area (Å²) in [6.07, 6.45) is 5.38. The van der Waals surface area contributed by atoms with Crippen molar-refractivity contribution >= 4 is 11.4 Å². The maximum absolute atomic E-state index is 12.7. The number of amides is 1. The summed E-state index contributed by atoms with van der Waals surface area (Å²) in [7, 11) is 0. The van der Waals surface area contributed by atoms with Crippen LogP contribution in [0, 0.1) is 6.92 Å². The Morgan fingerprint density at radius 2 is 2.24 bits per heavy atom. The van der Waals surface area contributed by atoms with Crippen molar-refractivity contribution in [2.24, 2.45) is 0 Å². The highest BCUT2D eigenvalue weighted by Crippen LogP contribution is 2.16. The molecule has 0 bridgehead atoms. The van der Waals surface area contributed by atoms with Gasteiger partial charge in [0.25, 0.3) is 11.7 Å². The SMILES string of the molecule is Cc1cc(CNC(=O)c2[nH]c(-c3cccnc3)[n+]3ccccc23)no1. The molecule has 0 spiro atoms. The lowest BCUT2D eigenvalue weighted by Gasteiger charge is -1.98. The smallest absolute Gasteiger partial charge is 0.295 e. The molecule has 25 heavy (non-hydrogen) atoms. The van der Waals surface area contributed by atoms with E-state index in [2.05, 4.69) is 20.4 Å². The molecule has 2 N–H and O–H groups in total. The van der Waals surface area contributed by atoms with Gasteiger partial charge < -0.3 is 9.84 Å². The minimum Gasteiger partial charge on any atom is -0.361 e. The van der Waals surface area contributed by atoms with Crippen molar-refractivity contribution in [1.82, 2.24) is 20.4 Å². The molecule has 7 heteroatoms. The van der Waals surface area contributed by atoms with Gasteiger partial charge in [0.15, 0.2) is 5.52 Å². The van der Waals surface area contributed by atoms with Crippen LogP contribution in [0.5, 0.6) is 0 Å². The van der Waals surface area contributed by atoms with E-state index >= 15 is 0 Å². The molecule has 0 unspecified atom stereocenters. The van der Waals surface area contributed by atoms with Gasteiger partial charge in [0.1, 0.15) is 11.5 Å². The van der Waals surface area contributed by atoms with Crippen LogP contribution in [0.2, 0.25) is 0 Å². The number of nitrogens with zero attached hydrogens (tertiary/aromatic N) is 3. The van der Waals surface area contributed by atoms with E-state index in [-0.39, 0.29) is 5.91 Å². The summed E-state index contributed by atoms with van der Waals surface area (Å²) in [5.41, 5.74) is 2.85. The van der Waals surface area contributed by atoms with E-state index in [1.165, 1.54) is 0 Å². The number of aromatic amines is 1. The quantitative estimate of drug-likeness (QED) is 0.559. The summed E-state index contributed by atoms with van der Waals surface area (Å²) in [4.78, 5) is 20.0. The molecule has 0 radical (unpaired) electrons. The molecule has 7 nitrogen and oxygen atoms in total. The van der Waals surface area contributed by atoms with Crippen LogP contribution in [0.15, 0.2) is 59.5 Å². The first-order chi connectivity index (χ1) is 12.2. The summed E-state index contributed by atoms with van der Waals surface area (Å²) in [6.45, 7) is 2.12. The fourth-order valence-electron chi connectivity index (χ4n) is 2.73. The first-order valence-electron chi connectivity index (χ1n) is 7.85. The Hall–Kier alpha value is -3.48. The number of imidazole rings is 1. The number of nitrogens with one attached hydrogen (secondary N) is 2. The van der Waals surface area contributed by atoms with Gasteiger partial charge in [-0.1, -0.05) is 11.2 Å². The Bertz CT molecular complexity index is 1040. The van der Waals surface area contributed by atoms with E-state index in [4.69, 9.17) is 4.52 Å². The van der Waals surface area contributed by atoms with Gasteiger partial charge in [-0.2, -0.15) is 4.40 Å². The van der Waals surface area contributed by atoms with Crippen molar-refractivity contribution in [3.8, 4) is 11.4 Å². The van der Waals surface area contributed by atoms with Gasteiger partial charge in [-0.25, -0.2) is 4.98 Å². The number of rotatable bonds is 4. The second-order valence-electron chi connectivity index (χ2n) is 5.66. The third-order valence-electron chi connectivity index (χ3n) is 3.87. The number of H-pyrrole nitrogens is 1. The van der Waals surface area contributed by atoms with E-state index < -0.39 is 0 Å². The zero-order valence-corrected chi connectivity index (χ0v) is 13.6. The zero-order valence-electron chi connectivity index (χ0n) is 13.6. The third kappa shape index (κ3) is 2.87. The van der Waals surface area contributed by atoms with Crippen LogP contribution in [0.4, 0.5) is 0 Å². The molecular formula is C18H16N5O2+. The zero-order chi connectivity index (χ0) is 17.2. The number of aryl methyl sites for hydroxylation is 1. The number of hydrogen-bond donors (Lipinski definition) is 2. The first-order valence-corrected chi connectivity index (χ1v) is 7.85. The van der Waals surface area contributed by atoms with Gasteiger partial charge in [-0.05, 0) is 31.2 Å². The van der Waals surface area contributed by atoms with Crippen LogP contribution in [0.3, 0.4) is 0 Å². The second kappa shape index (κ2) is 6.20. The van der Waals surface area contributed by atoms with Crippen LogP contribution in [0.25, 0.3) is 16.9 Å². The molecule has 0 saturated carbocycles. The van der Waals surface area contributed by atoms with E-state index in [0.29, 0.717) is 23.7 Å². The number of carbonyl (C=O) groups excluding carboxylic acids is 1. The fraction of sp³-hybridized carbons (Fsp3) is 0.111. The number of hydrogen-bond acceptors (Lipinski definition) is 4. The summed E-state index contributed by atoms with van der Waals surface area (Å²) in [5, 5.41) is 6.75. The molecule has 4 heterocycles. The maximum atomic E-state index is 12.7. The van der Waals surface area contributed by atoms with Crippen molar-refractivity contribution in [2.45, 2.75) is 13.5 Å². The average Bonchev–Trinajstić information content (AvgIpc) is 3.24. The van der Waals surface area contributed by atoms with E-state index in [1.54, 1.807) is 18.5 Å². The minimum absolute atomic E-state index is 0.209. The summed E-state index contributed by atoms with van der Waals surface area (Å²) < 4.78 is 6.95. The van der Waals surface area contributed by atoms with Gasteiger partial charge >= 0.3 is 0 Å².